The summed E-state index contributed by atoms with van der Waals surface area (Å²) in [6, 6.07) is 1.96. The molecule has 2 fully saturated rings. The number of aryl methyl sites for hydroxylation is 1. The summed E-state index contributed by atoms with van der Waals surface area (Å²) in [5, 5.41) is 9.22. The molecule has 1 N–H and O–H groups in total. The lowest BCUT2D eigenvalue weighted by Crippen LogP contribution is -2.53. The number of carbonyl (C=O) groups excluding carboxylic acids is 2. The highest BCUT2D eigenvalue weighted by atomic mass is 16.2. The molecule has 2 unspecified atom stereocenters. The lowest BCUT2D eigenvalue weighted by molar-refractivity contribution is -0.136. The van der Waals surface area contributed by atoms with E-state index in [2.05, 4.69) is 23.7 Å². The van der Waals surface area contributed by atoms with Crippen molar-refractivity contribution < 1.29 is 9.59 Å². The number of carbonyl (C=O) groups is 2. The minimum Gasteiger partial charge on any atom is -0.341 e. The number of nitriles is 1. The van der Waals surface area contributed by atoms with Crippen molar-refractivity contribution in [2.24, 2.45) is 11.8 Å². The Balaban J connectivity index is 1.48. The van der Waals surface area contributed by atoms with Crippen LogP contribution in [0.15, 0.2) is 4.79 Å². The summed E-state index contributed by atoms with van der Waals surface area (Å²) in [5.41, 5.74) is 1.98. The fraction of sp³-hybridized carbons (Fsp3) is 0.667. The zero-order valence-corrected chi connectivity index (χ0v) is 19.7. The minimum absolute atomic E-state index is 0.0677. The van der Waals surface area contributed by atoms with Gasteiger partial charge in [-0.25, -0.2) is 0 Å². The molecule has 2 saturated heterocycles. The predicted molar refractivity (Wildman–Crippen MR) is 122 cm³/mol. The number of amides is 2. The molecule has 2 atom stereocenters. The summed E-state index contributed by atoms with van der Waals surface area (Å²) in [4.78, 5) is 46.1. The van der Waals surface area contributed by atoms with Gasteiger partial charge in [0.25, 0.3) is 5.56 Å². The van der Waals surface area contributed by atoms with Crippen molar-refractivity contribution in [3.05, 3.63) is 32.7 Å². The van der Waals surface area contributed by atoms with Gasteiger partial charge in [0.15, 0.2) is 0 Å². The molecule has 0 aromatic carbocycles. The van der Waals surface area contributed by atoms with Crippen LogP contribution in [0.3, 0.4) is 0 Å². The number of rotatable bonds is 5. The van der Waals surface area contributed by atoms with Gasteiger partial charge in [-0.15, -0.1) is 0 Å². The molecule has 174 valence electrons. The van der Waals surface area contributed by atoms with Gasteiger partial charge in [0, 0.05) is 51.4 Å². The highest BCUT2D eigenvalue weighted by Gasteiger charge is 2.28. The van der Waals surface area contributed by atoms with Gasteiger partial charge >= 0.3 is 0 Å². The second kappa shape index (κ2) is 10.3. The van der Waals surface area contributed by atoms with Crippen molar-refractivity contribution >= 4 is 11.8 Å². The van der Waals surface area contributed by atoms with Crippen LogP contribution in [0.25, 0.3) is 0 Å². The van der Waals surface area contributed by atoms with Crippen LogP contribution >= 0.6 is 0 Å². The summed E-state index contributed by atoms with van der Waals surface area (Å²) < 4.78 is 0. The summed E-state index contributed by atoms with van der Waals surface area (Å²) in [5.74, 6) is 1.37. The Morgan fingerprint density at radius 3 is 2.25 bits per heavy atom. The predicted octanol–water partition coefficient (Wildman–Crippen LogP) is 1.44. The molecule has 0 saturated carbocycles. The largest absolute Gasteiger partial charge is 0.341 e. The van der Waals surface area contributed by atoms with Crippen LogP contribution in [0.2, 0.25) is 0 Å². The number of nitrogens with zero attached hydrogens (tertiary/aromatic N) is 4. The number of nitrogens with one attached hydrogen (secondary N) is 1. The molecular weight excluding hydrogens is 406 g/mol. The quantitative estimate of drug-likeness (QED) is 0.745. The maximum absolute atomic E-state index is 12.8. The van der Waals surface area contributed by atoms with Crippen molar-refractivity contribution in [3.63, 3.8) is 0 Å². The Hall–Kier alpha value is -2.66. The Labute approximate surface area is 190 Å². The maximum atomic E-state index is 12.8. The number of aromatic nitrogens is 1. The number of piperazine rings is 1. The summed E-state index contributed by atoms with van der Waals surface area (Å²) in [6.45, 7) is 12.7. The normalized spacial score (nSPS) is 22.0. The number of hydrogen-bond donors (Lipinski definition) is 1. The summed E-state index contributed by atoms with van der Waals surface area (Å²) in [7, 11) is 0. The first kappa shape index (κ1) is 24.0. The monoisotopic (exact) mass is 441 g/mol. The van der Waals surface area contributed by atoms with Crippen molar-refractivity contribution in [3.8, 4) is 6.07 Å². The number of likely N-dealkylation sites (tertiary alicyclic amines) is 1. The third-order valence-corrected chi connectivity index (χ3v) is 6.81. The molecule has 0 spiro atoms. The van der Waals surface area contributed by atoms with Gasteiger partial charge < -0.3 is 14.8 Å². The van der Waals surface area contributed by atoms with Gasteiger partial charge in [-0.3, -0.25) is 19.3 Å². The van der Waals surface area contributed by atoms with Crippen LogP contribution in [-0.4, -0.2) is 77.3 Å². The van der Waals surface area contributed by atoms with E-state index in [1.165, 1.54) is 6.42 Å². The van der Waals surface area contributed by atoms with Crippen molar-refractivity contribution in [2.45, 2.75) is 47.0 Å². The molecule has 8 heteroatoms. The second-order valence-corrected chi connectivity index (χ2v) is 9.57. The van der Waals surface area contributed by atoms with Gasteiger partial charge in [0.05, 0.1) is 6.54 Å². The van der Waals surface area contributed by atoms with Crippen LogP contribution in [0.4, 0.5) is 0 Å². The zero-order chi connectivity index (χ0) is 23.4. The smallest absolute Gasteiger partial charge is 0.266 e. The van der Waals surface area contributed by atoms with Gasteiger partial charge in [0.1, 0.15) is 11.6 Å². The van der Waals surface area contributed by atoms with Crippen molar-refractivity contribution in [2.75, 3.05) is 45.8 Å². The van der Waals surface area contributed by atoms with Crippen LogP contribution in [0, 0.1) is 37.0 Å². The van der Waals surface area contributed by atoms with E-state index in [0.29, 0.717) is 68.7 Å². The lowest BCUT2D eigenvalue weighted by Gasteiger charge is -2.38. The van der Waals surface area contributed by atoms with E-state index >= 15 is 0 Å². The molecule has 2 amide bonds. The summed E-state index contributed by atoms with van der Waals surface area (Å²) in [6.07, 6.45) is 2.01. The topological polar surface area (TPSA) is 101 Å². The van der Waals surface area contributed by atoms with Gasteiger partial charge in [-0.1, -0.05) is 13.8 Å². The molecule has 3 heterocycles. The van der Waals surface area contributed by atoms with Crippen molar-refractivity contribution in [1.29, 1.82) is 5.26 Å². The molecule has 3 rings (SSSR count). The highest BCUT2D eigenvalue weighted by molar-refractivity contribution is 5.79. The first-order valence-corrected chi connectivity index (χ1v) is 11.6. The number of pyridine rings is 1. The van der Waals surface area contributed by atoms with E-state index in [-0.39, 0.29) is 22.9 Å². The Bertz CT molecular complexity index is 946. The fourth-order valence-corrected chi connectivity index (χ4v) is 5.12. The molecule has 0 radical (unpaired) electrons. The maximum Gasteiger partial charge on any atom is 0.266 e. The Morgan fingerprint density at radius 2 is 1.66 bits per heavy atom. The molecule has 8 nitrogen and oxygen atoms in total. The first-order valence-electron chi connectivity index (χ1n) is 11.6. The standard InChI is InChI=1S/C24H35N5O3/c1-16-11-17(2)14-29(13-16)23(31)15-27-7-9-28(10-8-27)22(30)6-5-20-18(3)21(12-25)24(32)26-19(20)4/h16-17H,5-11,13-15H2,1-4H3,(H,26,32). The molecule has 0 bridgehead atoms. The Kier molecular flexibility index (Phi) is 7.73. The SMILES string of the molecule is Cc1[nH]c(=O)c(C#N)c(C)c1CCC(=O)N1CCN(CC(=O)N2CC(C)CC(C)C2)CC1. The average Bonchev–Trinajstić information content (AvgIpc) is 2.73. The number of hydrogen-bond acceptors (Lipinski definition) is 5. The fourth-order valence-electron chi connectivity index (χ4n) is 5.12. The average molecular weight is 442 g/mol. The van der Waals surface area contributed by atoms with E-state index in [9.17, 15) is 19.6 Å². The van der Waals surface area contributed by atoms with E-state index in [4.69, 9.17) is 0 Å². The van der Waals surface area contributed by atoms with Crippen LogP contribution < -0.4 is 5.56 Å². The third-order valence-electron chi connectivity index (χ3n) is 6.81. The van der Waals surface area contributed by atoms with Crippen molar-refractivity contribution in [1.82, 2.24) is 19.7 Å². The lowest BCUT2D eigenvalue weighted by atomic mass is 9.92. The van der Waals surface area contributed by atoms with Crippen LogP contribution in [-0.2, 0) is 16.0 Å². The van der Waals surface area contributed by atoms with E-state index in [1.807, 2.05) is 15.9 Å². The van der Waals surface area contributed by atoms with Crippen LogP contribution in [0.5, 0.6) is 0 Å². The zero-order valence-electron chi connectivity index (χ0n) is 19.7. The molecule has 2 aliphatic rings. The number of piperidine rings is 1. The van der Waals surface area contributed by atoms with Crippen LogP contribution in [0.1, 0.15) is 49.1 Å². The van der Waals surface area contributed by atoms with Gasteiger partial charge in [0.2, 0.25) is 11.8 Å². The second-order valence-electron chi connectivity index (χ2n) is 9.57. The molecule has 1 aromatic heterocycles. The number of H-pyrrole nitrogens is 1. The molecule has 1 aromatic rings. The van der Waals surface area contributed by atoms with Gasteiger partial charge in [-0.05, 0) is 49.7 Å². The van der Waals surface area contributed by atoms with E-state index < -0.39 is 0 Å². The first-order chi connectivity index (χ1) is 15.2. The number of aromatic amines is 1. The minimum atomic E-state index is -0.378. The molecule has 32 heavy (non-hydrogen) atoms. The highest BCUT2D eigenvalue weighted by Crippen LogP contribution is 2.21. The third kappa shape index (κ3) is 5.57. The molecule has 0 aliphatic carbocycles. The van der Waals surface area contributed by atoms with E-state index in [1.54, 1.807) is 13.8 Å². The summed E-state index contributed by atoms with van der Waals surface area (Å²) >= 11 is 0. The van der Waals surface area contributed by atoms with E-state index in [0.717, 1.165) is 18.7 Å². The van der Waals surface area contributed by atoms with Gasteiger partial charge in [-0.2, -0.15) is 5.26 Å². The Morgan fingerprint density at radius 1 is 1.03 bits per heavy atom. The molecule has 2 aliphatic heterocycles. The molecular formula is C24H35N5O3.